The van der Waals surface area contributed by atoms with Crippen LogP contribution in [-0.4, -0.2) is 18.5 Å². The molecule has 0 heterocycles. The molecule has 2 aromatic rings. The summed E-state index contributed by atoms with van der Waals surface area (Å²) in [5, 5.41) is 9.91. The van der Waals surface area contributed by atoms with Crippen LogP contribution in [0.15, 0.2) is 54.6 Å². The van der Waals surface area contributed by atoms with E-state index in [-0.39, 0.29) is 24.1 Å². The van der Waals surface area contributed by atoms with Crippen molar-refractivity contribution >= 4 is 12.4 Å². The maximum Gasteiger partial charge on any atom is 0.123 e. The summed E-state index contributed by atoms with van der Waals surface area (Å²) in [6, 6.07) is 19.5. The number of nitriles is 1. The third kappa shape index (κ3) is 6.34. The smallest absolute Gasteiger partial charge is 0.123 e. The number of nitrogens with zero attached hydrogens (tertiary/aromatic N) is 2. The average Bonchev–Trinajstić information content (AvgIpc) is 2.62. The van der Waals surface area contributed by atoms with E-state index >= 15 is 0 Å². The Bertz CT molecular complexity index is 727. The summed E-state index contributed by atoms with van der Waals surface area (Å²) in [6.45, 7) is 6.02. The van der Waals surface area contributed by atoms with Crippen LogP contribution in [0.4, 0.5) is 4.39 Å². The van der Waals surface area contributed by atoms with Gasteiger partial charge in [-0.3, -0.25) is 0 Å². The number of halogens is 2. The minimum Gasteiger partial charge on any atom is -0.302 e. The predicted octanol–water partition coefficient (Wildman–Crippen LogP) is 5.97. The van der Waals surface area contributed by atoms with Crippen LogP contribution in [0.2, 0.25) is 0 Å². The van der Waals surface area contributed by atoms with E-state index in [1.807, 2.05) is 12.1 Å². The van der Waals surface area contributed by atoms with Crippen molar-refractivity contribution in [2.45, 2.75) is 45.1 Å². The maximum atomic E-state index is 13.7. The van der Waals surface area contributed by atoms with Gasteiger partial charge in [-0.25, -0.2) is 4.39 Å². The predicted molar refractivity (Wildman–Crippen MR) is 112 cm³/mol. The zero-order chi connectivity index (χ0) is 19.0. The molecule has 0 N–H and O–H groups in total. The summed E-state index contributed by atoms with van der Waals surface area (Å²) in [4.78, 5) is 2.31. The SMILES string of the molecule is CC(C)C(C#N)(CCCCN(C)Cc1ccccc1)c1cccc(F)c1.Cl. The topological polar surface area (TPSA) is 27.0 Å². The lowest BCUT2D eigenvalue weighted by molar-refractivity contribution is 0.299. The molecule has 0 spiro atoms. The van der Waals surface area contributed by atoms with Gasteiger partial charge in [0.2, 0.25) is 0 Å². The minimum absolute atomic E-state index is 0. The molecule has 0 aliphatic heterocycles. The van der Waals surface area contributed by atoms with E-state index < -0.39 is 5.41 Å². The van der Waals surface area contributed by atoms with E-state index in [9.17, 15) is 9.65 Å². The molecular weight excluding hydrogens is 359 g/mol. The lowest BCUT2D eigenvalue weighted by Crippen LogP contribution is -2.31. The van der Waals surface area contributed by atoms with Crippen LogP contribution in [0.1, 0.15) is 44.2 Å². The number of hydrogen-bond acceptors (Lipinski definition) is 2. The molecule has 2 nitrogen and oxygen atoms in total. The Morgan fingerprint density at radius 2 is 1.78 bits per heavy atom. The van der Waals surface area contributed by atoms with E-state index in [0.29, 0.717) is 0 Å². The summed E-state index contributed by atoms with van der Waals surface area (Å²) >= 11 is 0. The number of rotatable bonds is 9. The first-order chi connectivity index (χ1) is 12.5. The first kappa shape index (κ1) is 23.1. The number of hydrogen-bond donors (Lipinski definition) is 0. The molecule has 1 atom stereocenters. The lowest BCUT2D eigenvalue weighted by atomic mass is 9.69. The summed E-state index contributed by atoms with van der Waals surface area (Å²) in [7, 11) is 2.12. The third-order valence-electron chi connectivity index (χ3n) is 5.18. The van der Waals surface area contributed by atoms with Crippen LogP contribution in [-0.2, 0) is 12.0 Å². The minimum atomic E-state index is -0.625. The van der Waals surface area contributed by atoms with Gasteiger partial charge in [0.25, 0.3) is 0 Å². The van der Waals surface area contributed by atoms with Gasteiger partial charge in [-0.1, -0.05) is 62.7 Å². The Morgan fingerprint density at radius 3 is 2.37 bits per heavy atom. The quantitative estimate of drug-likeness (QED) is 0.495. The molecule has 0 bridgehead atoms. The Hall–Kier alpha value is -1.89. The van der Waals surface area contributed by atoms with Gasteiger partial charge in [-0.15, -0.1) is 12.4 Å². The van der Waals surface area contributed by atoms with Gasteiger partial charge in [0.1, 0.15) is 5.82 Å². The summed E-state index contributed by atoms with van der Waals surface area (Å²) < 4.78 is 13.7. The first-order valence-corrected chi connectivity index (χ1v) is 9.37. The fraction of sp³-hybridized carbons (Fsp3) is 0.435. The van der Waals surface area contributed by atoms with E-state index in [2.05, 4.69) is 56.1 Å². The van der Waals surface area contributed by atoms with Gasteiger partial charge in [-0.2, -0.15) is 5.26 Å². The Kier molecular flexibility index (Phi) is 9.49. The highest BCUT2D eigenvalue weighted by atomic mass is 35.5. The molecule has 0 saturated heterocycles. The normalized spacial score (nSPS) is 13.1. The summed E-state index contributed by atoms with van der Waals surface area (Å²) in [6.07, 6.45) is 2.72. The van der Waals surface area contributed by atoms with E-state index in [1.165, 1.54) is 17.7 Å². The van der Waals surface area contributed by atoms with Crippen LogP contribution in [0, 0.1) is 23.1 Å². The van der Waals surface area contributed by atoms with Crippen LogP contribution in [0.25, 0.3) is 0 Å². The molecule has 146 valence electrons. The molecule has 0 amide bonds. The summed E-state index contributed by atoms with van der Waals surface area (Å²) in [5.74, 6) is -0.137. The van der Waals surface area contributed by atoms with Gasteiger partial charge in [0.15, 0.2) is 0 Å². The van der Waals surface area contributed by atoms with Crippen molar-refractivity contribution in [3.05, 3.63) is 71.5 Å². The van der Waals surface area contributed by atoms with Crippen molar-refractivity contribution in [1.82, 2.24) is 4.90 Å². The fourth-order valence-electron chi connectivity index (χ4n) is 3.54. The molecule has 27 heavy (non-hydrogen) atoms. The Labute approximate surface area is 169 Å². The standard InChI is InChI=1S/C23H29FN2.ClH/c1-19(2)23(18-25,21-12-9-13-22(24)16-21)14-7-8-15-26(3)17-20-10-5-4-6-11-20;/h4-6,9-13,16,19H,7-8,14-15,17H2,1-3H3;1H. The zero-order valence-electron chi connectivity index (χ0n) is 16.5. The first-order valence-electron chi connectivity index (χ1n) is 9.37. The molecule has 0 aliphatic rings. The molecule has 0 aromatic heterocycles. The highest BCUT2D eigenvalue weighted by Crippen LogP contribution is 2.37. The van der Waals surface area contributed by atoms with Crippen LogP contribution >= 0.6 is 12.4 Å². The van der Waals surface area contributed by atoms with Crippen molar-refractivity contribution < 1.29 is 4.39 Å². The molecule has 0 saturated carbocycles. The Balaban J connectivity index is 0.00000364. The second kappa shape index (κ2) is 11.1. The van der Waals surface area contributed by atoms with Crippen molar-refractivity contribution in [2.24, 2.45) is 5.92 Å². The van der Waals surface area contributed by atoms with Gasteiger partial charge in [0.05, 0.1) is 11.5 Å². The molecular formula is C23H30ClFN2. The molecule has 0 aliphatic carbocycles. The van der Waals surface area contributed by atoms with Crippen molar-refractivity contribution in [3.63, 3.8) is 0 Å². The number of unbranched alkanes of at least 4 members (excludes halogenated alkanes) is 1. The molecule has 0 fully saturated rings. The third-order valence-corrected chi connectivity index (χ3v) is 5.18. The van der Waals surface area contributed by atoms with Crippen LogP contribution < -0.4 is 0 Å². The van der Waals surface area contributed by atoms with E-state index in [4.69, 9.17) is 0 Å². The zero-order valence-corrected chi connectivity index (χ0v) is 17.3. The lowest BCUT2D eigenvalue weighted by Gasteiger charge is -2.31. The number of benzene rings is 2. The molecule has 4 heteroatoms. The van der Waals surface area contributed by atoms with Crippen LogP contribution in [0.5, 0.6) is 0 Å². The van der Waals surface area contributed by atoms with E-state index in [1.54, 1.807) is 6.07 Å². The van der Waals surface area contributed by atoms with E-state index in [0.717, 1.165) is 37.9 Å². The molecule has 2 rings (SSSR count). The van der Waals surface area contributed by atoms with Crippen LogP contribution in [0.3, 0.4) is 0 Å². The Morgan fingerprint density at radius 1 is 1.07 bits per heavy atom. The van der Waals surface area contributed by atoms with Gasteiger partial charge in [-0.05, 0) is 55.6 Å². The average molecular weight is 389 g/mol. The second-order valence-corrected chi connectivity index (χ2v) is 7.43. The highest BCUT2D eigenvalue weighted by molar-refractivity contribution is 5.85. The van der Waals surface area contributed by atoms with Gasteiger partial charge >= 0.3 is 0 Å². The second-order valence-electron chi connectivity index (χ2n) is 7.43. The monoisotopic (exact) mass is 388 g/mol. The molecule has 0 radical (unpaired) electrons. The molecule has 2 aromatic carbocycles. The highest BCUT2D eigenvalue weighted by Gasteiger charge is 2.35. The van der Waals surface area contributed by atoms with Crippen molar-refractivity contribution in [3.8, 4) is 6.07 Å². The van der Waals surface area contributed by atoms with Gasteiger partial charge in [0, 0.05) is 6.54 Å². The molecule has 1 unspecified atom stereocenters. The largest absolute Gasteiger partial charge is 0.302 e. The fourth-order valence-corrected chi connectivity index (χ4v) is 3.54. The van der Waals surface area contributed by atoms with Gasteiger partial charge < -0.3 is 4.90 Å². The summed E-state index contributed by atoms with van der Waals surface area (Å²) in [5.41, 5.74) is 1.48. The van der Waals surface area contributed by atoms with Crippen molar-refractivity contribution in [2.75, 3.05) is 13.6 Å². The maximum absolute atomic E-state index is 13.7. The van der Waals surface area contributed by atoms with Crippen molar-refractivity contribution in [1.29, 1.82) is 5.26 Å².